The van der Waals surface area contributed by atoms with Crippen LogP contribution in [-0.2, 0) is 5.41 Å². The minimum Gasteiger partial charge on any atom is -0.310 e. The zero-order valence-corrected chi connectivity index (χ0v) is 28.3. The molecule has 1 nitrogen and oxygen atoms in total. The van der Waals surface area contributed by atoms with E-state index < -0.39 is 0 Å². The van der Waals surface area contributed by atoms with Crippen molar-refractivity contribution in [3.63, 3.8) is 0 Å². The van der Waals surface area contributed by atoms with Crippen molar-refractivity contribution in [3.8, 4) is 11.1 Å². The van der Waals surface area contributed by atoms with Gasteiger partial charge in [0.05, 0.1) is 5.69 Å². The molecule has 0 saturated heterocycles. The Morgan fingerprint density at radius 2 is 0.775 bits per heavy atom. The van der Waals surface area contributed by atoms with Crippen LogP contribution in [0.4, 0.5) is 17.1 Å². The summed E-state index contributed by atoms with van der Waals surface area (Å²) in [6, 6.07) is 36.8. The molecule has 220 valence electrons. The summed E-state index contributed by atoms with van der Waals surface area (Å²) in [7, 11) is 0. The molecule has 4 aromatic carbocycles. The molecule has 0 amide bonds. The van der Waals surface area contributed by atoms with Crippen molar-refractivity contribution in [3.05, 3.63) is 114 Å². The van der Waals surface area contributed by atoms with Crippen molar-refractivity contribution >= 4 is 17.1 Å². The number of hydrogen-bond acceptors (Lipinski definition) is 1. The van der Waals surface area contributed by atoms with Gasteiger partial charge in [-0.05, 0) is 47.0 Å². The predicted octanol–water partition coefficient (Wildman–Crippen LogP) is 13.6. The summed E-state index contributed by atoms with van der Waals surface area (Å²) >= 11 is 0. The second kappa shape index (κ2) is 22.5. The van der Waals surface area contributed by atoms with E-state index in [0.29, 0.717) is 0 Å². The number of hydrogen-bond donors (Lipinski definition) is 0. The quantitative estimate of drug-likeness (QED) is 0.249. The van der Waals surface area contributed by atoms with Gasteiger partial charge < -0.3 is 4.90 Å². The van der Waals surface area contributed by atoms with Crippen LogP contribution in [0.15, 0.2) is 103 Å². The molecule has 1 heteroatoms. The Balaban J connectivity index is 0. The Morgan fingerprint density at radius 3 is 1.23 bits per heavy atom. The minimum atomic E-state index is 0.000975. The Kier molecular flexibility index (Phi) is 21.8. The van der Waals surface area contributed by atoms with E-state index in [4.69, 9.17) is 0 Å². The lowest BCUT2D eigenvalue weighted by atomic mass is 9.82. The zero-order valence-electron chi connectivity index (χ0n) is 28.3. The van der Waals surface area contributed by atoms with Crippen molar-refractivity contribution in [2.45, 2.75) is 102 Å². The zero-order chi connectivity index (χ0) is 31.1. The first-order valence-electron chi connectivity index (χ1n) is 15.8. The van der Waals surface area contributed by atoms with Crippen LogP contribution in [-0.4, -0.2) is 0 Å². The van der Waals surface area contributed by atoms with Crippen molar-refractivity contribution < 1.29 is 0 Å². The van der Waals surface area contributed by atoms with Crippen LogP contribution in [0.25, 0.3) is 11.1 Å². The lowest BCUT2D eigenvalue weighted by molar-refractivity contribution is 0.660. The molecule has 4 aromatic rings. The summed E-state index contributed by atoms with van der Waals surface area (Å²) in [6.45, 7) is 28.7. The first-order chi connectivity index (χ1) is 19.7. The van der Waals surface area contributed by atoms with Gasteiger partial charge in [0.15, 0.2) is 0 Å². The Hall–Kier alpha value is -3.32. The van der Waals surface area contributed by atoms with Crippen LogP contribution >= 0.6 is 0 Å². The van der Waals surface area contributed by atoms with E-state index in [1.54, 1.807) is 0 Å². The van der Waals surface area contributed by atoms with Crippen LogP contribution in [0.1, 0.15) is 108 Å². The largest absolute Gasteiger partial charge is 0.310 e. The van der Waals surface area contributed by atoms with E-state index in [9.17, 15) is 0 Å². The smallest absolute Gasteiger partial charge is 0.0543 e. The fourth-order valence-electron chi connectivity index (χ4n) is 4.50. The fourth-order valence-corrected chi connectivity index (χ4v) is 4.50. The molecule has 0 bridgehead atoms. The van der Waals surface area contributed by atoms with Gasteiger partial charge in [0.25, 0.3) is 0 Å². The molecule has 0 N–H and O–H groups in total. The van der Waals surface area contributed by atoms with Crippen LogP contribution in [0.2, 0.25) is 0 Å². The molecular weight excluding hydrogens is 482 g/mol. The second-order valence-electron chi connectivity index (χ2n) is 7.88. The van der Waals surface area contributed by atoms with E-state index in [0.717, 1.165) is 0 Å². The summed E-state index contributed by atoms with van der Waals surface area (Å²) in [5, 5.41) is 0. The van der Waals surface area contributed by atoms with Gasteiger partial charge in [-0.25, -0.2) is 0 Å². The number of nitrogens with zero attached hydrogens (tertiary/aromatic N) is 1. The molecule has 0 heterocycles. The summed E-state index contributed by atoms with van der Waals surface area (Å²) in [5.41, 5.74) is 9.05. The highest BCUT2D eigenvalue weighted by Gasteiger charge is 2.37. The number of rotatable bonds is 3. The van der Waals surface area contributed by atoms with E-state index in [-0.39, 0.29) is 5.41 Å². The lowest BCUT2D eigenvalue weighted by Gasteiger charge is -2.28. The van der Waals surface area contributed by atoms with E-state index in [2.05, 4.69) is 122 Å². The second-order valence-corrected chi connectivity index (χ2v) is 7.88. The van der Waals surface area contributed by atoms with Gasteiger partial charge >= 0.3 is 0 Å². The molecule has 0 atom stereocenters. The maximum atomic E-state index is 2.37. The average molecular weight is 542 g/mol. The number of anilines is 3. The molecule has 40 heavy (non-hydrogen) atoms. The van der Waals surface area contributed by atoms with Gasteiger partial charge in [-0.15, -0.1) is 0 Å². The Labute approximate surface area is 249 Å². The molecule has 1 aliphatic rings. The van der Waals surface area contributed by atoms with Gasteiger partial charge in [0.1, 0.15) is 0 Å². The molecule has 1 aliphatic carbocycles. The highest BCUT2D eigenvalue weighted by molar-refractivity contribution is 5.94. The predicted molar refractivity (Wildman–Crippen MR) is 187 cm³/mol. The van der Waals surface area contributed by atoms with E-state index >= 15 is 0 Å². The molecule has 5 rings (SSSR count). The summed E-state index contributed by atoms with van der Waals surface area (Å²) < 4.78 is 0. The van der Waals surface area contributed by atoms with Crippen molar-refractivity contribution in [2.24, 2.45) is 0 Å². The molecule has 0 aromatic heterocycles. The van der Waals surface area contributed by atoms with Gasteiger partial charge in [0, 0.05) is 22.4 Å². The summed E-state index contributed by atoms with van der Waals surface area (Å²) in [4.78, 5) is 2.37. The molecule has 0 unspecified atom stereocenters. The third kappa shape index (κ3) is 9.12. The normalized spacial score (nSPS) is 10.4. The van der Waals surface area contributed by atoms with Crippen LogP contribution in [0.5, 0.6) is 0 Å². The highest BCUT2D eigenvalue weighted by Crippen LogP contribution is 2.53. The topological polar surface area (TPSA) is 3.24 Å². The molecule has 0 aliphatic heterocycles. The SMILES string of the molecule is CC.CC.CC.CC.CC.CC.CC1(C)c2ccccc2-c2c(N(c3ccccc3)c3ccccc3)cccc21. The van der Waals surface area contributed by atoms with E-state index in [1.165, 1.54) is 39.3 Å². The maximum absolute atomic E-state index is 2.37. The highest BCUT2D eigenvalue weighted by atomic mass is 15.1. The van der Waals surface area contributed by atoms with Crippen molar-refractivity contribution in [2.75, 3.05) is 4.90 Å². The lowest BCUT2D eigenvalue weighted by Crippen LogP contribution is -2.15. The van der Waals surface area contributed by atoms with E-state index in [1.807, 2.05) is 83.1 Å². The minimum absolute atomic E-state index is 0.000975. The third-order valence-electron chi connectivity index (χ3n) is 5.86. The fraction of sp³-hybridized carbons (Fsp3) is 0.385. The number of para-hydroxylation sites is 2. The molecule has 0 spiro atoms. The third-order valence-corrected chi connectivity index (χ3v) is 5.86. The van der Waals surface area contributed by atoms with Crippen LogP contribution in [0, 0.1) is 0 Å². The van der Waals surface area contributed by atoms with Gasteiger partial charge in [-0.2, -0.15) is 0 Å². The van der Waals surface area contributed by atoms with Gasteiger partial charge in [-0.1, -0.05) is 170 Å². The Bertz CT molecular complexity index is 1090. The maximum Gasteiger partial charge on any atom is 0.0543 e. The Morgan fingerprint density at radius 1 is 0.400 bits per heavy atom. The average Bonchev–Trinajstić information content (AvgIpc) is 3.31. The number of fused-ring (bicyclic) bond motifs is 3. The molecule has 0 fully saturated rings. The van der Waals surface area contributed by atoms with Crippen molar-refractivity contribution in [1.29, 1.82) is 0 Å². The molecule has 0 saturated carbocycles. The monoisotopic (exact) mass is 541 g/mol. The first-order valence-corrected chi connectivity index (χ1v) is 15.8. The molecule has 0 radical (unpaired) electrons. The van der Waals surface area contributed by atoms with Gasteiger partial charge in [0.2, 0.25) is 0 Å². The summed E-state index contributed by atoms with van der Waals surface area (Å²) in [5.74, 6) is 0. The number of benzene rings is 4. The van der Waals surface area contributed by atoms with Crippen LogP contribution in [0.3, 0.4) is 0 Å². The summed E-state index contributed by atoms with van der Waals surface area (Å²) in [6.07, 6.45) is 0. The molecular formula is C39H59N. The van der Waals surface area contributed by atoms with Crippen molar-refractivity contribution in [1.82, 2.24) is 0 Å². The first kappa shape index (κ1) is 38.8. The van der Waals surface area contributed by atoms with Gasteiger partial charge in [-0.3, -0.25) is 0 Å². The van der Waals surface area contributed by atoms with Crippen LogP contribution < -0.4 is 4.90 Å². The standard InChI is InChI=1S/C27H23N.6C2H6/c1-27(2)23-17-10-9-16-22(23)26-24(27)18-11-19-25(26)28(20-12-5-3-6-13-20)21-14-7-4-8-15-21;6*1-2/h3-19H,1-2H3;6*1-2H3.